The molecule has 1 aliphatic heterocycles. The van der Waals surface area contributed by atoms with E-state index in [-0.39, 0.29) is 12.5 Å². The summed E-state index contributed by atoms with van der Waals surface area (Å²) in [6.45, 7) is 5.29. The number of para-hydroxylation sites is 1. The highest BCUT2D eigenvalue weighted by Gasteiger charge is 2.50. The summed E-state index contributed by atoms with van der Waals surface area (Å²) in [6.07, 6.45) is 0. The predicted octanol–water partition coefficient (Wildman–Crippen LogP) is 2.70. The Hall–Kier alpha value is -3.55. The second kappa shape index (κ2) is 8.44. The lowest BCUT2D eigenvalue weighted by Crippen LogP contribution is -2.49. The van der Waals surface area contributed by atoms with Crippen molar-refractivity contribution >= 4 is 17.8 Å². The van der Waals surface area contributed by atoms with E-state index in [4.69, 9.17) is 9.47 Å². The van der Waals surface area contributed by atoms with Crippen molar-refractivity contribution in [2.24, 2.45) is 0 Å². The fraction of sp³-hybridized carbons (Fsp3) is 0.318. The normalized spacial score (nSPS) is 18.4. The topological polar surface area (TPSA) is 97.0 Å². The third-order valence-corrected chi connectivity index (χ3v) is 4.99. The van der Waals surface area contributed by atoms with Gasteiger partial charge in [-0.3, -0.25) is 15.0 Å². The summed E-state index contributed by atoms with van der Waals surface area (Å²) >= 11 is 0. The number of nitrogens with one attached hydrogen (secondary N) is 2. The molecule has 0 radical (unpaired) electrons. The largest absolute Gasteiger partial charge is 0.497 e. The van der Waals surface area contributed by atoms with Gasteiger partial charge in [-0.1, -0.05) is 44.2 Å². The summed E-state index contributed by atoms with van der Waals surface area (Å²) in [5, 5.41) is 3.31. The molecule has 1 saturated heterocycles. The van der Waals surface area contributed by atoms with Gasteiger partial charge in [-0.05, 0) is 42.2 Å². The van der Waals surface area contributed by atoms with Crippen molar-refractivity contribution in [1.29, 1.82) is 0 Å². The Morgan fingerprint density at radius 2 is 1.80 bits per heavy atom. The van der Waals surface area contributed by atoms with Gasteiger partial charge in [0.2, 0.25) is 0 Å². The van der Waals surface area contributed by atoms with E-state index in [0.717, 1.165) is 5.56 Å². The van der Waals surface area contributed by atoms with E-state index in [1.807, 2.05) is 32.0 Å². The van der Waals surface area contributed by atoms with Gasteiger partial charge in [-0.25, -0.2) is 4.79 Å². The number of hydrazine groups is 1. The Labute approximate surface area is 175 Å². The molecule has 0 aromatic heterocycles. The zero-order chi connectivity index (χ0) is 21.9. The van der Waals surface area contributed by atoms with Crippen molar-refractivity contribution < 1.29 is 23.9 Å². The number of imide groups is 1. The van der Waals surface area contributed by atoms with Crippen LogP contribution in [0.25, 0.3) is 0 Å². The van der Waals surface area contributed by atoms with Gasteiger partial charge < -0.3 is 14.8 Å². The van der Waals surface area contributed by atoms with Gasteiger partial charge in [0.1, 0.15) is 17.0 Å². The number of carbonyl (C=O) groups is 3. The molecule has 1 heterocycles. The Morgan fingerprint density at radius 3 is 2.43 bits per heavy atom. The van der Waals surface area contributed by atoms with Crippen molar-refractivity contribution in [3.63, 3.8) is 0 Å². The zero-order valence-electron chi connectivity index (χ0n) is 17.4. The Morgan fingerprint density at radius 1 is 1.13 bits per heavy atom. The summed E-state index contributed by atoms with van der Waals surface area (Å²) in [7, 11) is 1.54. The summed E-state index contributed by atoms with van der Waals surface area (Å²) in [4.78, 5) is 37.6. The summed E-state index contributed by atoms with van der Waals surface area (Å²) in [6, 6.07) is 13.5. The van der Waals surface area contributed by atoms with E-state index in [1.165, 1.54) is 7.11 Å². The molecule has 8 nitrogen and oxygen atoms in total. The van der Waals surface area contributed by atoms with E-state index < -0.39 is 23.4 Å². The molecule has 1 atom stereocenters. The minimum absolute atomic E-state index is 0.223. The fourth-order valence-electron chi connectivity index (χ4n) is 3.25. The Kier molecular flexibility index (Phi) is 5.96. The number of hydrogen-bond acceptors (Lipinski definition) is 5. The maximum atomic E-state index is 12.9. The Balaban J connectivity index is 1.67. The molecule has 0 aliphatic carbocycles. The van der Waals surface area contributed by atoms with Gasteiger partial charge in [0.15, 0.2) is 6.61 Å². The fourth-order valence-corrected chi connectivity index (χ4v) is 3.25. The summed E-state index contributed by atoms with van der Waals surface area (Å²) in [5.41, 5.74) is 2.56. The van der Waals surface area contributed by atoms with Crippen LogP contribution in [0.4, 0.5) is 4.79 Å². The minimum atomic E-state index is -1.30. The van der Waals surface area contributed by atoms with Crippen LogP contribution < -0.4 is 20.2 Å². The van der Waals surface area contributed by atoms with Gasteiger partial charge in [0, 0.05) is 0 Å². The monoisotopic (exact) mass is 411 g/mol. The molecule has 4 amide bonds. The maximum absolute atomic E-state index is 12.9. The number of ether oxygens (including phenoxy) is 2. The van der Waals surface area contributed by atoms with E-state index in [9.17, 15) is 14.4 Å². The van der Waals surface area contributed by atoms with Crippen LogP contribution in [0.3, 0.4) is 0 Å². The summed E-state index contributed by atoms with van der Waals surface area (Å²) in [5.74, 6) is 0.232. The smallest absolute Gasteiger partial charge is 0.344 e. The van der Waals surface area contributed by atoms with Crippen LogP contribution in [0.1, 0.15) is 37.8 Å². The Bertz CT molecular complexity index is 958. The van der Waals surface area contributed by atoms with Gasteiger partial charge in [0.05, 0.1) is 7.11 Å². The van der Waals surface area contributed by atoms with Gasteiger partial charge in [0.25, 0.3) is 11.8 Å². The van der Waals surface area contributed by atoms with Gasteiger partial charge in [-0.2, -0.15) is 5.01 Å². The molecule has 2 N–H and O–H groups in total. The first kappa shape index (κ1) is 21.2. The second-order valence-corrected chi connectivity index (χ2v) is 7.44. The molecule has 1 aliphatic rings. The first-order valence-corrected chi connectivity index (χ1v) is 9.58. The number of nitrogens with zero attached hydrogens (tertiary/aromatic N) is 1. The number of benzene rings is 2. The quantitative estimate of drug-likeness (QED) is 0.683. The maximum Gasteiger partial charge on any atom is 0.344 e. The molecular formula is C22H25N3O5. The lowest BCUT2D eigenvalue weighted by Gasteiger charge is -2.22. The number of urea groups is 1. The van der Waals surface area contributed by atoms with E-state index in [2.05, 4.69) is 10.7 Å². The number of amides is 4. The van der Waals surface area contributed by atoms with Gasteiger partial charge in [-0.15, -0.1) is 0 Å². The number of carbonyl (C=O) groups excluding carboxylic acids is 3. The van der Waals surface area contributed by atoms with Crippen molar-refractivity contribution in [3.8, 4) is 11.5 Å². The van der Waals surface area contributed by atoms with Crippen molar-refractivity contribution in [1.82, 2.24) is 15.8 Å². The first-order valence-electron chi connectivity index (χ1n) is 9.58. The van der Waals surface area contributed by atoms with Crippen LogP contribution in [0.2, 0.25) is 0 Å². The van der Waals surface area contributed by atoms with Crippen LogP contribution >= 0.6 is 0 Å². The SMILES string of the molecule is COc1ccc([C@@]2(C)NC(=O)N(NC(=O)COc3ccccc3C(C)C)C2=O)cc1. The second-order valence-electron chi connectivity index (χ2n) is 7.44. The molecule has 0 saturated carbocycles. The van der Waals surface area contributed by atoms with Crippen molar-refractivity contribution in [2.45, 2.75) is 32.2 Å². The zero-order valence-corrected chi connectivity index (χ0v) is 17.4. The molecule has 2 aromatic rings. The molecule has 0 spiro atoms. The molecule has 2 aromatic carbocycles. The standard InChI is InChI=1S/C22H25N3O5/c1-14(2)17-7-5-6-8-18(17)30-13-19(26)24-25-20(27)22(3,23-21(25)28)15-9-11-16(29-4)12-10-15/h5-12,14H,13H2,1-4H3,(H,23,28)(H,24,26)/t22-/m1/s1. The molecular weight excluding hydrogens is 386 g/mol. The molecule has 3 rings (SSSR count). The van der Waals surface area contributed by atoms with Gasteiger partial charge >= 0.3 is 6.03 Å². The summed E-state index contributed by atoms with van der Waals surface area (Å²) < 4.78 is 10.7. The highest BCUT2D eigenvalue weighted by atomic mass is 16.5. The molecule has 8 heteroatoms. The number of rotatable bonds is 7. The lowest BCUT2D eigenvalue weighted by molar-refractivity contribution is -0.139. The average Bonchev–Trinajstić information content (AvgIpc) is 2.96. The third kappa shape index (κ3) is 4.07. The van der Waals surface area contributed by atoms with Crippen LogP contribution in [-0.2, 0) is 15.1 Å². The molecule has 0 unspecified atom stereocenters. The van der Waals surface area contributed by atoms with Crippen LogP contribution in [0, 0.1) is 0 Å². The third-order valence-electron chi connectivity index (χ3n) is 4.99. The van der Waals surface area contributed by atoms with Crippen LogP contribution in [0.5, 0.6) is 11.5 Å². The highest BCUT2D eigenvalue weighted by molar-refractivity contribution is 6.08. The minimum Gasteiger partial charge on any atom is -0.497 e. The average molecular weight is 411 g/mol. The molecule has 30 heavy (non-hydrogen) atoms. The highest BCUT2D eigenvalue weighted by Crippen LogP contribution is 2.29. The lowest BCUT2D eigenvalue weighted by atomic mass is 9.92. The van der Waals surface area contributed by atoms with Crippen LogP contribution in [0.15, 0.2) is 48.5 Å². The van der Waals surface area contributed by atoms with Crippen molar-refractivity contribution in [2.75, 3.05) is 13.7 Å². The van der Waals surface area contributed by atoms with E-state index in [0.29, 0.717) is 22.1 Å². The van der Waals surface area contributed by atoms with Crippen molar-refractivity contribution in [3.05, 3.63) is 59.7 Å². The molecule has 0 bridgehead atoms. The molecule has 1 fully saturated rings. The predicted molar refractivity (Wildman–Crippen MR) is 110 cm³/mol. The number of hydrogen-bond donors (Lipinski definition) is 2. The first-order chi connectivity index (χ1) is 14.3. The van der Waals surface area contributed by atoms with Crippen LogP contribution in [-0.4, -0.2) is 36.6 Å². The van der Waals surface area contributed by atoms with E-state index >= 15 is 0 Å². The van der Waals surface area contributed by atoms with E-state index in [1.54, 1.807) is 37.3 Å². The molecule has 158 valence electrons. The number of methoxy groups -OCH3 is 1.